The lowest BCUT2D eigenvalue weighted by molar-refractivity contribution is -0.137. The third-order valence-corrected chi connectivity index (χ3v) is 5.29. The number of urea groups is 1. The van der Waals surface area contributed by atoms with E-state index in [0.717, 1.165) is 22.6 Å². The summed E-state index contributed by atoms with van der Waals surface area (Å²) >= 11 is 0. The molecule has 162 valence electrons. The summed E-state index contributed by atoms with van der Waals surface area (Å²) in [5, 5.41) is 20.2. The molecule has 3 aliphatic heterocycles. The van der Waals surface area contributed by atoms with E-state index in [-0.39, 0.29) is 36.2 Å². The highest BCUT2D eigenvalue weighted by Crippen LogP contribution is 2.23. The summed E-state index contributed by atoms with van der Waals surface area (Å²) in [6.45, 7) is 0.0304. The molecule has 0 radical (unpaired) electrons. The Morgan fingerprint density at radius 3 is 2.84 bits per heavy atom. The molecule has 0 spiro atoms. The molecule has 2 aromatic rings. The van der Waals surface area contributed by atoms with Crippen molar-refractivity contribution in [2.45, 2.75) is 44.8 Å². The van der Waals surface area contributed by atoms with Gasteiger partial charge in [0.25, 0.3) is 5.91 Å². The first kappa shape index (κ1) is 20.5. The number of carboxylic acids is 1. The summed E-state index contributed by atoms with van der Waals surface area (Å²) in [5.41, 5.74) is 0.904. The summed E-state index contributed by atoms with van der Waals surface area (Å²) in [6, 6.07) is 5.28. The number of rotatable bonds is 2. The molecule has 1 atom stereocenters. The zero-order chi connectivity index (χ0) is 22.0. The Labute approximate surface area is 177 Å². The van der Waals surface area contributed by atoms with Crippen LogP contribution in [0.3, 0.4) is 0 Å². The van der Waals surface area contributed by atoms with Gasteiger partial charge in [-0.3, -0.25) is 19.1 Å². The Hall–Kier alpha value is -3.76. The number of amides is 4. The van der Waals surface area contributed by atoms with Gasteiger partial charge >= 0.3 is 12.0 Å². The fourth-order valence-electron chi connectivity index (χ4n) is 3.84. The smallest absolute Gasteiger partial charge is 0.328 e. The molecule has 1 fully saturated rings. The van der Waals surface area contributed by atoms with Crippen molar-refractivity contribution in [1.82, 2.24) is 25.2 Å². The normalized spacial score (nSPS) is 19.9. The van der Waals surface area contributed by atoms with Gasteiger partial charge in [0.05, 0.1) is 18.4 Å². The molecule has 0 unspecified atom stereocenters. The van der Waals surface area contributed by atoms with Gasteiger partial charge in [-0.05, 0) is 37.5 Å². The fraction of sp³-hybridized carbons (Fsp3) is 0.400. The van der Waals surface area contributed by atoms with Crippen LogP contribution < -0.4 is 10.2 Å². The number of carbonyl (C=O) groups is 4. The highest BCUT2D eigenvalue weighted by molar-refractivity contribution is 6.16. The molecular formula is C20H22N6O5. The molecule has 0 saturated carbocycles. The Kier molecular flexibility index (Phi) is 5.65. The lowest BCUT2D eigenvalue weighted by Gasteiger charge is -2.31. The number of imide groups is 1. The van der Waals surface area contributed by atoms with Crippen LogP contribution in [0.4, 0.5) is 10.5 Å². The largest absolute Gasteiger partial charge is 0.480 e. The maximum Gasteiger partial charge on any atom is 0.328 e. The summed E-state index contributed by atoms with van der Waals surface area (Å²) in [7, 11) is 0. The average molecular weight is 426 g/mol. The number of anilines is 1. The minimum atomic E-state index is -1.17. The van der Waals surface area contributed by atoms with Gasteiger partial charge in [-0.2, -0.15) is 0 Å². The number of aromatic nitrogens is 3. The van der Waals surface area contributed by atoms with Crippen LogP contribution in [-0.2, 0) is 22.7 Å². The zero-order valence-electron chi connectivity index (χ0n) is 16.7. The summed E-state index contributed by atoms with van der Waals surface area (Å²) in [5.74, 6) is -2.06. The molecule has 1 aromatic carbocycles. The summed E-state index contributed by atoms with van der Waals surface area (Å²) in [6.07, 6.45) is 4.08. The van der Waals surface area contributed by atoms with E-state index in [1.807, 2.05) is 0 Å². The first-order chi connectivity index (χ1) is 14.9. The Balaban J connectivity index is 1.71. The molecule has 3 aliphatic rings. The molecule has 6 bridgehead atoms. The van der Waals surface area contributed by atoms with E-state index in [2.05, 4.69) is 15.6 Å². The minimum absolute atomic E-state index is 0.0272. The molecule has 11 nitrogen and oxygen atoms in total. The van der Waals surface area contributed by atoms with Crippen LogP contribution in [0.15, 0.2) is 30.5 Å². The lowest BCUT2D eigenvalue weighted by Crippen LogP contribution is -2.55. The number of aliphatic carboxylic acids is 1. The van der Waals surface area contributed by atoms with Crippen molar-refractivity contribution >= 4 is 29.5 Å². The third kappa shape index (κ3) is 4.55. The van der Waals surface area contributed by atoms with Crippen LogP contribution in [0.2, 0.25) is 0 Å². The van der Waals surface area contributed by atoms with Crippen LogP contribution in [0.1, 0.15) is 41.7 Å². The van der Waals surface area contributed by atoms with Crippen molar-refractivity contribution in [1.29, 1.82) is 0 Å². The third-order valence-electron chi connectivity index (χ3n) is 5.29. The predicted molar refractivity (Wildman–Crippen MR) is 107 cm³/mol. The number of hydrogen-bond donors (Lipinski definition) is 2. The summed E-state index contributed by atoms with van der Waals surface area (Å²) < 4.78 is 1.64. The second-order valence-electron chi connectivity index (χ2n) is 7.65. The molecule has 4 heterocycles. The van der Waals surface area contributed by atoms with Gasteiger partial charge in [0.1, 0.15) is 12.2 Å². The molecule has 1 saturated heterocycles. The molecule has 2 N–H and O–H groups in total. The summed E-state index contributed by atoms with van der Waals surface area (Å²) in [4.78, 5) is 51.9. The van der Waals surface area contributed by atoms with E-state index in [1.165, 1.54) is 12.1 Å². The number of nitrogens with one attached hydrogen (secondary N) is 1. The predicted octanol–water partition coefficient (Wildman–Crippen LogP) is 1.00. The standard InChI is InChI=1S/C20H22N6O5/c27-17-9-14-5-1-2-7-25-11-15(22-23-25)10-24(12-18(28)29)19(30)13-4-3-6-16(8-13)26(17)20(31)21-14/h3-4,6,8,11,14H,1-2,5,7,9-10,12H2,(H,21,31)(H,28,29)/t14-/m0/s1. The highest BCUT2D eigenvalue weighted by Gasteiger charge is 2.33. The molecular weight excluding hydrogens is 404 g/mol. The van der Waals surface area contributed by atoms with Gasteiger partial charge in [0.2, 0.25) is 5.91 Å². The van der Waals surface area contributed by atoms with E-state index in [4.69, 9.17) is 0 Å². The maximum absolute atomic E-state index is 13.1. The molecule has 31 heavy (non-hydrogen) atoms. The van der Waals surface area contributed by atoms with Crippen molar-refractivity contribution in [2.24, 2.45) is 0 Å². The number of aryl methyl sites for hydroxylation is 1. The van der Waals surface area contributed by atoms with Crippen molar-refractivity contribution in [3.8, 4) is 0 Å². The monoisotopic (exact) mass is 426 g/mol. The number of fused-ring (bicyclic) bond motifs is 7. The van der Waals surface area contributed by atoms with Gasteiger partial charge in [-0.1, -0.05) is 11.3 Å². The van der Waals surface area contributed by atoms with Gasteiger partial charge in [-0.25, -0.2) is 9.69 Å². The topological polar surface area (TPSA) is 138 Å². The van der Waals surface area contributed by atoms with Crippen LogP contribution in [0.5, 0.6) is 0 Å². The Morgan fingerprint density at radius 1 is 1.23 bits per heavy atom. The molecule has 5 rings (SSSR count). The first-order valence-corrected chi connectivity index (χ1v) is 10.0. The van der Waals surface area contributed by atoms with E-state index in [1.54, 1.807) is 23.0 Å². The van der Waals surface area contributed by atoms with Crippen molar-refractivity contribution < 1.29 is 24.3 Å². The SMILES string of the molecule is O=C(O)CN1Cc2cn(nn2)CCCC[C@H]2CC(=O)N(C(=O)N2)c2cccc(c2)C1=O. The van der Waals surface area contributed by atoms with Crippen LogP contribution in [0.25, 0.3) is 0 Å². The van der Waals surface area contributed by atoms with Gasteiger partial charge in [-0.15, -0.1) is 5.10 Å². The number of benzene rings is 1. The number of nitrogens with zero attached hydrogens (tertiary/aromatic N) is 5. The molecule has 4 amide bonds. The van der Waals surface area contributed by atoms with E-state index in [9.17, 15) is 24.3 Å². The van der Waals surface area contributed by atoms with Crippen molar-refractivity contribution in [3.05, 3.63) is 41.7 Å². The van der Waals surface area contributed by atoms with Gasteiger partial charge < -0.3 is 15.3 Å². The highest BCUT2D eigenvalue weighted by atomic mass is 16.4. The van der Waals surface area contributed by atoms with Crippen molar-refractivity contribution in [2.75, 3.05) is 11.4 Å². The van der Waals surface area contributed by atoms with Gasteiger partial charge in [0, 0.05) is 24.6 Å². The van der Waals surface area contributed by atoms with E-state index < -0.39 is 24.5 Å². The van der Waals surface area contributed by atoms with Crippen LogP contribution in [0, 0.1) is 0 Å². The van der Waals surface area contributed by atoms with Gasteiger partial charge in [0.15, 0.2) is 0 Å². The Morgan fingerprint density at radius 2 is 2.06 bits per heavy atom. The molecule has 1 aromatic heterocycles. The quantitative estimate of drug-likeness (QED) is 0.731. The van der Waals surface area contributed by atoms with Crippen LogP contribution in [-0.4, -0.2) is 61.4 Å². The van der Waals surface area contributed by atoms with E-state index in [0.29, 0.717) is 18.7 Å². The lowest BCUT2D eigenvalue weighted by atomic mass is 10.0. The number of hydrogen-bond acceptors (Lipinski definition) is 6. The zero-order valence-corrected chi connectivity index (χ0v) is 16.7. The van der Waals surface area contributed by atoms with Crippen LogP contribution >= 0.6 is 0 Å². The molecule has 11 heteroatoms. The maximum atomic E-state index is 13.1. The minimum Gasteiger partial charge on any atom is -0.480 e. The second-order valence-corrected chi connectivity index (χ2v) is 7.65. The molecule has 0 aliphatic carbocycles. The van der Waals surface area contributed by atoms with Crippen molar-refractivity contribution in [3.63, 3.8) is 0 Å². The fourth-order valence-corrected chi connectivity index (χ4v) is 3.84. The van der Waals surface area contributed by atoms with E-state index >= 15 is 0 Å². The Bertz CT molecular complexity index is 1020. The number of carboxylic acid groups (broad SMARTS) is 1. The number of carbonyl (C=O) groups excluding carboxylic acids is 3. The average Bonchev–Trinajstić information content (AvgIpc) is 3.16. The second kappa shape index (κ2) is 8.54. The first-order valence-electron chi connectivity index (χ1n) is 10.0.